The maximum absolute atomic E-state index is 12.2. The molecule has 0 bridgehead atoms. The smallest absolute Gasteiger partial charge is 0.263 e. The molecule has 2 N–H and O–H groups in total. The molecule has 1 heterocycles. The van der Waals surface area contributed by atoms with E-state index >= 15 is 0 Å². The molecule has 2 atom stereocenters. The van der Waals surface area contributed by atoms with Crippen LogP contribution in [0.25, 0.3) is 0 Å². The second-order valence-electron chi connectivity index (χ2n) is 4.72. The average molecular weight is 230 g/mol. The summed E-state index contributed by atoms with van der Waals surface area (Å²) in [5.74, 6) is 0.0701. The molecular formula is C13H14N2O2. The Hall–Kier alpha value is -1.84. The summed E-state index contributed by atoms with van der Waals surface area (Å²) in [5.41, 5.74) is 7.02. The lowest BCUT2D eigenvalue weighted by Crippen LogP contribution is -2.33. The van der Waals surface area contributed by atoms with Crippen LogP contribution in [0.5, 0.6) is 0 Å². The van der Waals surface area contributed by atoms with Gasteiger partial charge in [-0.05, 0) is 24.5 Å². The third-order valence-electron chi connectivity index (χ3n) is 3.72. The molecule has 2 unspecified atom stereocenters. The Labute approximate surface area is 99.4 Å². The van der Waals surface area contributed by atoms with E-state index in [1.54, 1.807) is 18.2 Å². The molecule has 1 aliphatic heterocycles. The van der Waals surface area contributed by atoms with Crippen molar-refractivity contribution >= 4 is 17.5 Å². The lowest BCUT2D eigenvalue weighted by atomic mass is 10.1. The fourth-order valence-corrected chi connectivity index (χ4v) is 2.62. The summed E-state index contributed by atoms with van der Waals surface area (Å²) < 4.78 is 0. The maximum atomic E-state index is 12.2. The van der Waals surface area contributed by atoms with Gasteiger partial charge in [-0.15, -0.1) is 0 Å². The summed E-state index contributed by atoms with van der Waals surface area (Å²) >= 11 is 0. The molecule has 4 heteroatoms. The monoisotopic (exact) mass is 230 g/mol. The van der Waals surface area contributed by atoms with Crippen LogP contribution in [0.4, 0.5) is 5.69 Å². The molecule has 1 aromatic carbocycles. The number of nitrogen functional groups attached to an aromatic ring is 1. The average Bonchev–Trinajstić information content (AvgIpc) is 3.03. The fraction of sp³-hybridized carbons (Fsp3) is 0.385. The molecule has 2 amide bonds. The van der Waals surface area contributed by atoms with Crippen LogP contribution < -0.4 is 5.73 Å². The predicted octanol–water partition coefficient (Wildman–Crippen LogP) is 1.66. The number of anilines is 1. The van der Waals surface area contributed by atoms with E-state index in [9.17, 15) is 9.59 Å². The Morgan fingerprint density at radius 2 is 2.12 bits per heavy atom. The number of hydrogen-bond acceptors (Lipinski definition) is 3. The zero-order valence-corrected chi connectivity index (χ0v) is 9.64. The van der Waals surface area contributed by atoms with Gasteiger partial charge in [0, 0.05) is 11.7 Å². The minimum Gasteiger partial charge on any atom is -0.398 e. The number of carbonyl (C=O) groups excluding carboxylic acids is 2. The minimum absolute atomic E-state index is 0.0896. The van der Waals surface area contributed by atoms with E-state index in [-0.39, 0.29) is 17.9 Å². The van der Waals surface area contributed by atoms with Crippen molar-refractivity contribution in [3.63, 3.8) is 0 Å². The normalized spacial score (nSPS) is 26.3. The van der Waals surface area contributed by atoms with Gasteiger partial charge in [0.2, 0.25) is 0 Å². The van der Waals surface area contributed by atoms with Crippen LogP contribution >= 0.6 is 0 Å². The number of hydrogen-bond donors (Lipinski definition) is 1. The van der Waals surface area contributed by atoms with E-state index in [4.69, 9.17) is 5.73 Å². The Balaban J connectivity index is 2.01. The highest BCUT2D eigenvalue weighted by molar-refractivity contribution is 6.23. The SMILES string of the molecule is CCC1CC1N1C(=O)c2cccc(N)c2C1=O. The molecule has 3 rings (SSSR count). The molecule has 0 saturated heterocycles. The fourth-order valence-electron chi connectivity index (χ4n) is 2.62. The number of nitrogens with zero attached hydrogens (tertiary/aromatic N) is 1. The molecule has 0 aromatic heterocycles. The topological polar surface area (TPSA) is 63.4 Å². The van der Waals surface area contributed by atoms with Crippen molar-refractivity contribution < 1.29 is 9.59 Å². The van der Waals surface area contributed by atoms with Crippen LogP contribution in [0.3, 0.4) is 0 Å². The van der Waals surface area contributed by atoms with Gasteiger partial charge >= 0.3 is 0 Å². The molecule has 4 nitrogen and oxygen atoms in total. The van der Waals surface area contributed by atoms with Crippen molar-refractivity contribution in [1.29, 1.82) is 0 Å². The van der Waals surface area contributed by atoms with Crippen molar-refractivity contribution in [1.82, 2.24) is 4.90 Å². The van der Waals surface area contributed by atoms with Crippen LogP contribution in [0.15, 0.2) is 18.2 Å². The summed E-state index contributed by atoms with van der Waals surface area (Å²) in [6, 6.07) is 5.15. The standard InChI is InChI=1S/C13H14N2O2/c1-2-7-6-10(7)15-12(16)8-4-3-5-9(14)11(8)13(15)17/h3-5,7,10H,2,6,14H2,1H3. The van der Waals surface area contributed by atoms with E-state index in [2.05, 4.69) is 6.92 Å². The maximum Gasteiger partial charge on any atom is 0.263 e. The van der Waals surface area contributed by atoms with E-state index in [1.165, 1.54) is 4.90 Å². The molecular weight excluding hydrogens is 216 g/mol. The van der Waals surface area contributed by atoms with Gasteiger partial charge in [0.25, 0.3) is 11.8 Å². The van der Waals surface area contributed by atoms with E-state index in [0.717, 1.165) is 12.8 Å². The Morgan fingerprint density at radius 1 is 1.35 bits per heavy atom. The van der Waals surface area contributed by atoms with Crippen LogP contribution in [0, 0.1) is 5.92 Å². The summed E-state index contributed by atoms with van der Waals surface area (Å²) in [7, 11) is 0. The van der Waals surface area contributed by atoms with E-state index < -0.39 is 0 Å². The second kappa shape index (κ2) is 3.32. The molecule has 1 aromatic rings. The molecule has 0 spiro atoms. The van der Waals surface area contributed by atoms with Gasteiger partial charge in [-0.3, -0.25) is 14.5 Å². The molecule has 1 fully saturated rings. The van der Waals surface area contributed by atoms with Crippen molar-refractivity contribution in [3.05, 3.63) is 29.3 Å². The number of imide groups is 1. The van der Waals surface area contributed by atoms with Crippen LogP contribution in [0.2, 0.25) is 0 Å². The lowest BCUT2D eigenvalue weighted by Gasteiger charge is -2.13. The zero-order valence-electron chi connectivity index (χ0n) is 9.64. The molecule has 1 saturated carbocycles. The zero-order chi connectivity index (χ0) is 12.2. The summed E-state index contributed by atoms with van der Waals surface area (Å²) in [6.07, 6.45) is 1.94. The first-order chi connectivity index (χ1) is 8.15. The highest BCUT2D eigenvalue weighted by Gasteiger charge is 2.50. The number of amides is 2. The first-order valence-electron chi connectivity index (χ1n) is 5.91. The van der Waals surface area contributed by atoms with E-state index in [0.29, 0.717) is 22.7 Å². The van der Waals surface area contributed by atoms with Crippen LogP contribution in [0.1, 0.15) is 40.5 Å². The molecule has 0 radical (unpaired) electrons. The number of benzene rings is 1. The van der Waals surface area contributed by atoms with Crippen molar-refractivity contribution in [3.8, 4) is 0 Å². The quantitative estimate of drug-likeness (QED) is 0.620. The van der Waals surface area contributed by atoms with Gasteiger partial charge < -0.3 is 5.73 Å². The van der Waals surface area contributed by atoms with Crippen molar-refractivity contribution in [2.75, 3.05) is 5.73 Å². The second-order valence-corrected chi connectivity index (χ2v) is 4.72. The van der Waals surface area contributed by atoms with Gasteiger partial charge in [0.1, 0.15) is 0 Å². The highest BCUT2D eigenvalue weighted by atomic mass is 16.2. The first kappa shape index (κ1) is 10.3. The van der Waals surface area contributed by atoms with Crippen LogP contribution in [-0.2, 0) is 0 Å². The molecule has 2 aliphatic rings. The number of nitrogens with two attached hydrogens (primary N) is 1. The Morgan fingerprint density at radius 3 is 2.71 bits per heavy atom. The summed E-state index contributed by atoms with van der Waals surface area (Å²) in [6.45, 7) is 2.08. The van der Waals surface area contributed by atoms with Gasteiger partial charge in [-0.2, -0.15) is 0 Å². The molecule has 1 aliphatic carbocycles. The first-order valence-corrected chi connectivity index (χ1v) is 5.91. The van der Waals surface area contributed by atoms with Crippen molar-refractivity contribution in [2.24, 2.45) is 5.92 Å². The third kappa shape index (κ3) is 1.30. The largest absolute Gasteiger partial charge is 0.398 e. The lowest BCUT2D eigenvalue weighted by molar-refractivity contribution is 0.0634. The van der Waals surface area contributed by atoms with Gasteiger partial charge in [-0.1, -0.05) is 19.4 Å². The van der Waals surface area contributed by atoms with Gasteiger partial charge in [0.05, 0.1) is 11.1 Å². The van der Waals surface area contributed by atoms with Crippen LogP contribution in [-0.4, -0.2) is 22.8 Å². The van der Waals surface area contributed by atoms with E-state index in [1.807, 2.05) is 0 Å². The molecule has 17 heavy (non-hydrogen) atoms. The Kier molecular flexibility index (Phi) is 2.02. The van der Waals surface area contributed by atoms with Gasteiger partial charge in [-0.25, -0.2) is 0 Å². The number of fused-ring (bicyclic) bond motifs is 1. The van der Waals surface area contributed by atoms with Gasteiger partial charge in [0.15, 0.2) is 0 Å². The minimum atomic E-state index is -0.218. The highest BCUT2D eigenvalue weighted by Crippen LogP contribution is 2.42. The predicted molar refractivity (Wildman–Crippen MR) is 63.5 cm³/mol. The summed E-state index contributed by atoms with van der Waals surface area (Å²) in [5, 5.41) is 0. The number of rotatable bonds is 2. The van der Waals surface area contributed by atoms with Crippen molar-refractivity contribution in [2.45, 2.75) is 25.8 Å². The molecule has 88 valence electrons. The number of carbonyl (C=O) groups is 2. The summed E-state index contributed by atoms with van der Waals surface area (Å²) in [4.78, 5) is 25.7. The Bertz CT molecular complexity index is 524. The third-order valence-corrected chi connectivity index (χ3v) is 3.72.